The number of anilines is 1. The third kappa shape index (κ3) is 2.69. The maximum absolute atomic E-state index is 5.98. The largest absolute Gasteiger partial charge is 0.364 e. The van der Waals surface area contributed by atoms with Crippen LogP contribution in [-0.2, 0) is 6.54 Å². The fraction of sp³-hybridized carbons (Fsp3) is 0.176. The molecule has 106 valence electrons. The van der Waals surface area contributed by atoms with Crippen LogP contribution in [0.5, 0.6) is 0 Å². The summed E-state index contributed by atoms with van der Waals surface area (Å²) >= 11 is 5.98. The van der Waals surface area contributed by atoms with Gasteiger partial charge in [0.2, 0.25) is 0 Å². The van der Waals surface area contributed by atoms with Crippen molar-refractivity contribution in [2.24, 2.45) is 0 Å². The first-order valence-electron chi connectivity index (χ1n) is 6.86. The first kappa shape index (κ1) is 13.8. The SMILES string of the molecule is Cc1c(Cl)nnc(NCc2cccc3ccccc23)c1C. The zero-order valence-electron chi connectivity index (χ0n) is 12.0. The van der Waals surface area contributed by atoms with Crippen molar-refractivity contribution >= 4 is 28.2 Å². The van der Waals surface area contributed by atoms with Gasteiger partial charge in [-0.2, -0.15) is 0 Å². The number of halogens is 1. The van der Waals surface area contributed by atoms with Crippen molar-refractivity contribution in [2.45, 2.75) is 20.4 Å². The van der Waals surface area contributed by atoms with Crippen molar-refractivity contribution in [2.75, 3.05) is 5.32 Å². The van der Waals surface area contributed by atoms with Crippen LogP contribution in [0.15, 0.2) is 42.5 Å². The number of aromatic nitrogens is 2. The van der Waals surface area contributed by atoms with Gasteiger partial charge in [-0.25, -0.2) is 0 Å². The highest BCUT2D eigenvalue weighted by Crippen LogP contribution is 2.23. The molecule has 0 aliphatic heterocycles. The van der Waals surface area contributed by atoms with Gasteiger partial charge < -0.3 is 5.32 Å². The summed E-state index contributed by atoms with van der Waals surface area (Å²) in [4.78, 5) is 0. The number of nitrogens with one attached hydrogen (secondary N) is 1. The Morgan fingerprint density at radius 3 is 2.57 bits per heavy atom. The van der Waals surface area contributed by atoms with Gasteiger partial charge in [-0.05, 0) is 41.3 Å². The van der Waals surface area contributed by atoms with E-state index >= 15 is 0 Å². The summed E-state index contributed by atoms with van der Waals surface area (Å²) in [6.45, 7) is 4.66. The Morgan fingerprint density at radius 1 is 0.952 bits per heavy atom. The Morgan fingerprint density at radius 2 is 1.71 bits per heavy atom. The maximum Gasteiger partial charge on any atom is 0.155 e. The molecule has 0 aliphatic carbocycles. The molecule has 0 amide bonds. The van der Waals surface area contributed by atoms with Crippen LogP contribution in [0.3, 0.4) is 0 Å². The Bertz CT molecular complexity index is 794. The van der Waals surface area contributed by atoms with Crippen molar-refractivity contribution in [3.63, 3.8) is 0 Å². The molecule has 0 saturated heterocycles. The van der Waals surface area contributed by atoms with Crippen molar-refractivity contribution < 1.29 is 0 Å². The third-order valence-corrected chi connectivity index (χ3v) is 4.15. The highest BCUT2D eigenvalue weighted by Gasteiger charge is 2.08. The molecule has 21 heavy (non-hydrogen) atoms. The van der Waals surface area contributed by atoms with Crippen molar-refractivity contribution in [3.05, 3.63) is 64.3 Å². The summed E-state index contributed by atoms with van der Waals surface area (Å²) in [5.74, 6) is 0.782. The monoisotopic (exact) mass is 297 g/mol. The van der Waals surface area contributed by atoms with E-state index in [1.54, 1.807) is 0 Å². The lowest BCUT2D eigenvalue weighted by Gasteiger charge is -2.12. The van der Waals surface area contributed by atoms with Gasteiger partial charge in [0.15, 0.2) is 11.0 Å². The Hall–Kier alpha value is -2.13. The number of hydrogen-bond acceptors (Lipinski definition) is 3. The average Bonchev–Trinajstić information content (AvgIpc) is 2.52. The summed E-state index contributed by atoms with van der Waals surface area (Å²) in [6, 6.07) is 14.7. The van der Waals surface area contributed by atoms with Gasteiger partial charge in [-0.1, -0.05) is 54.1 Å². The van der Waals surface area contributed by atoms with Crippen LogP contribution in [-0.4, -0.2) is 10.2 Å². The molecule has 0 fully saturated rings. The van der Waals surface area contributed by atoms with Crippen LogP contribution in [0, 0.1) is 13.8 Å². The molecule has 1 N–H and O–H groups in total. The van der Waals surface area contributed by atoms with Crippen LogP contribution < -0.4 is 5.32 Å². The summed E-state index contributed by atoms with van der Waals surface area (Å²) in [5, 5.41) is 14.4. The topological polar surface area (TPSA) is 37.8 Å². The fourth-order valence-electron chi connectivity index (χ4n) is 2.37. The molecular weight excluding hydrogens is 282 g/mol. The highest BCUT2D eigenvalue weighted by atomic mass is 35.5. The van der Waals surface area contributed by atoms with E-state index in [1.165, 1.54) is 16.3 Å². The van der Waals surface area contributed by atoms with Crippen LogP contribution in [0.2, 0.25) is 5.15 Å². The Balaban J connectivity index is 1.89. The van der Waals surface area contributed by atoms with Gasteiger partial charge in [0, 0.05) is 6.54 Å². The van der Waals surface area contributed by atoms with Gasteiger partial charge in [0.1, 0.15) is 0 Å². The van der Waals surface area contributed by atoms with Gasteiger partial charge in [0.05, 0.1) is 0 Å². The predicted molar refractivity (Wildman–Crippen MR) is 87.8 cm³/mol. The molecule has 1 aromatic heterocycles. The minimum absolute atomic E-state index is 0.461. The highest BCUT2D eigenvalue weighted by molar-refractivity contribution is 6.30. The molecule has 3 aromatic rings. The van der Waals surface area contributed by atoms with Gasteiger partial charge in [0.25, 0.3) is 0 Å². The molecule has 0 saturated carbocycles. The Kier molecular flexibility index (Phi) is 3.76. The molecule has 3 rings (SSSR count). The zero-order chi connectivity index (χ0) is 14.8. The second-order valence-corrected chi connectivity index (χ2v) is 5.44. The first-order chi connectivity index (χ1) is 10.2. The molecule has 0 bridgehead atoms. The number of benzene rings is 2. The van der Waals surface area contributed by atoms with E-state index in [2.05, 4.69) is 58.0 Å². The lowest BCUT2D eigenvalue weighted by Crippen LogP contribution is -2.06. The maximum atomic E-state index is 5.98. The van der Waals surface area contributed by atoms with Gasteiger partial charge in [-0.15, -0.1) is 10.2 Å². The quantitative estimate of drug-likeness (QED) is 0.773. The van der Waals surface area contributed by atoms with Crippen LogP contribution in [0.1, 0.15) is 16.7 Å². The predicted octanol–water partition coefficient (Wildman–Crippen LogP) is 4.51. The average molecular weight is 298 g/mol. The molecule has 0 spiro atoms. The van der Waals surface area contributed by atoms with E-state index in [-0.39, 0.29) is 0 Å². The van der Waals surface area contributed by atoms with Gasteiger partial charge in [-0.3, -0.25) is 0 Å². The molecule has 2 aromatic carbocycles. The lowest BCUT2D eigenvalue weighted by molar-refractivity contribution is 0.973. The van der Waals surface area contributed by atoms with E-state index in [0.29, 0.717) is 11.7 Å². The van der Waals surface area contributed by atoms with E-state index in [1.807, 2.05) is 13.8 Å². The van der Waals surface area contributed by atoms with Gasteiger partial charge >= 0.3 is 0 Å². The molecule has 4 heteroatoms. The van der Waals surface area contributed by atoms with E-state index in [0.717, 1.165) is 16.9 Å². The molecule has 0 atom stereocenters. The summed E-state index contributed by atoms with van der Waals surface area (Å²) in [7, 11) is 0. The second kappa shape index (κ2) is 5.70. The van der Waals surface area contributed by atoms with Crippen LogP contribution >= 0.6 is 11.6 Å². The molecule has 0 radical (unpaired) electrons. The molecule has 1 heterocycles. The number of hydrogen-bond donors (Lipinski definition) is 1. The van der Waals surface area contributed by atoms with Crippen molar-refractivity contribution in [1.29, 1.82) is 0 Å². The minimum Gasteiger partial charge on any atom is -0.364 e. The molecule has 0 unspecified atom stereocenters. The summed E-state index contributed by atoms with van der Waals surface area (Å²) < 4.78 is 0. The second-order valence-electron chi connectivity index (χ2n) is 5.08. The number of nitrogens with zero attached hydrogens (tertiary/aromatic N) is 2. The summed E-state index contributed by atoms with van der Waals surface area (Å²) in [5.41, 5.74) is 3.24. The standard InChI is InChI=1S/C17H16ClN3/c1-11-12(2)17(21-20-16(11)18)19-10-14-8-5-7-13-6-3-4-9-15(13)14/h3-9H,10H2,1-2H3,(H,19,21). The zero-order valence-corrected chi connectivity index (χ0v) is 12.8. The lowest BCUT2D eigenvalue weighted by atomic mass is 10.0. The molecular formula is C17H16ClN3. The summed E-state index contributed by atoms with van der Waals surface area (Å²) in [6.07, 6.45) is 0. The molecule has 0 aliphatic rings. The van der Waals surface area contributed by atoms with E-state index in [9.17, 15) is 0 Å². The third-order valence-electron chi connectivity index (χ3n) is 3.79. The minimum atomic E-state index is 0.461. The van der Waals surface area contributed by atoms with Crippen LogP contribution in [0.25, 0.3) is 10.8 Å². The van der Waals surface area contributed by atoms with Crippen LogP contribution in [0.4, 0.5) is 5.82 Å². The van der Waals surface area contributed by atoms with Crippen molar-refractivity contribution in [3.8, 4) is 0 Å². The van der Waals surface area contributed by atoms with Crippen molar-refractivity contribution in [1.82, 2.24) is 10.2 Å². The number of rotatable bonds is 3. The smallest absolute Gasteiger partial charge is 0.155 e. The van der Waals surface area contributed by atoms with E-state index < -0.39 is 0 Å². The van der Waals surface area contributed by atoms with E-state index in [4.69, 9.17) is 11.6 Å². The molecule has 3 nitrogen and oxygen atoms in total. The first-order valence-corrected chi connectivity index (χ1v) is 7.24. The Labute approximate surface area is 129 Å². The fourth-order valence-corrected chi connectivity index (χ4v) is 2.55. The number of fused-ring (bicyclic) bond motifs is 1. The normalized spacial score (nSPS) is 10.8.